The van der Waals surface area contributed by atoms with Crippen molar-refractivity contribution in [2.75, 3.05) is 38.7 Å². The van der Waals surface area contributed by atoms with Gasteiger partial charge in [0.25, 0.3) is 0 Å². The molecule has 0 amide bonds. The van der Waals surface area contributed by atoms with Crippen LogP contribution in [0.4, 0.5) is 5.82 Å². The summed E-state index contributed by atoms with van der Waals surface area (Å²) in [6.07, 6.45) is 5.37. The third kappa shape index (κ3) is 2.08. The molecule has 0 saturated carbocycles. The highest BCUT2D eigenvalue weighted by atomic mass is 32.1. The quantitative estimate of drug-likeness (QED) is 0.837. The SMILES string of the molecule is C[NH+]1CCN(Nc2ncnc3sc4c(c23)CCC4)CC1. The maximum Gasteiger partial charge on any atom is 0.152 e. The molecule has 0 spiro atoms. The Bertz CT molecular complexity index is 630. The molecule has 2 aromatic heterocycles. The van der Waals surface area contributed by atoms with E-state index < -0.39 is 0 Å². The van der Waals surface area contributed by atoms with Gasteiger partial charge in [0.1, 0.15) is 11.2 Å². The van der Waals surface area contributed by atoms with E-state index in [0.29, 0.717) is 0 Å². The maximum absolute atomic E-state index is 4.51. The van der Waals surface area contributed by atoms with E-state index in [4.69, 9.17) is 0 Å². The highest BCUT2D eigenvalue weighted by molar-refractivity contribution is 7.19. The average molecular weight is 290 g/mol. The third-order valence-electron chi connectivity index (χ3n) is 4.38. The van der Waals surface area contributed by atoms with Crippen molar-refractivity contribution >= 4 is 27.4 Å². The van der Waals surface area contributed by atoms with E-state index in [1.807, 2.05) is 11.3 Å². The molecule has 6 heteroatoms. The van der Waals surface area contributed by atoms with Crippen LogP contribution in [0, 0.1) is 0 Å². The van der Waals surface area contributed by atoms with Crippen molar-refractivity contribution in [1.82, 2.24) is 15.0 Å². The molecule has 1 aliphatic carbocycles. The van der Waals surface area contributed by atoms with Crippen molar-refractivity contribution < 1.29 is 4.90 Å². The van der Waals surface area contributed by atoms with Crippen LogP contribution in [-0.2, 0) is 12.8 Å². The summed E-state index contributed by atoms with van der Waals surface area (Å²) < 4.78 is 0. The summed E-state index contributed by atoms with van der Waals surface area (Å²) >= 11 is 1.85. The molecule has 5 nitrogen and oxygen atoms in total. The van der Waals surface area contributed by atoms with Crippen LogP contribution in [0.15, 0.2) is 6.33 Å². The molecule has 4 rings (SSSR count). The van der Waals surface area contributed by atoms with E-state index >= 15 is 0 Å². The monoisotopic (exact) mass is 290 g/mol. The minimum atomic E-state index is 1.01. The van der Waals surface area contributed by atoms with Crippen LogP contribution < -0.4 is 10.3 Å². The zero-order valence-electron chi connectivity index (χ0n) is 11.8. The van der Waals surface area contributed by atoms with E-state index in [1.165, 1.54) is 48.2 Å². The van der Waals surface area contributed by atoms with E-state index in [9.17, 15) is 0 Å². The number of thiophene rings is 1. The van der Waals surface area contributed by atoms with Crippen LogP contribution in [0.5, 0.6) is 0 Å². The number of nitrogens with zero attached hydrogens (tertiary/aromatic N) is 3. The lowest BCUT2D eigenvalue weighted by atomic mass is 10.2. The number of piperazine rings is 1. The van der Waals surface area contributed by atoms with E-state index in [1.54, 1.807) is 11.2 Å². The maximum atomic E-state index is 4.51. The Kier molecular flexibility index (Phi) is 3.09. The Morgan fingerprint density at radius 1 is 1.25 bits per heavy atom. The lowest BCUT2D eigenvalue weighted by molar-refractivity contribution is -0.884. The normalized spacial score (nSPS) is 20.4. The Hall–Kier alpha value is -1.24. The van der Waals surface area contributed by atoms with E-state index in [2.05, 4.69) is 27.5 Å². The first-order valence-corrected chi connectivity index (χ1v) is 8.21. The lowest BCUT2D eigenvalue weighted by Gasteiger charge is -2.30. The Labute approximate surface area is 122 Å². The minimum absolute atomic E-state index is 1.01. The number of hydrazine groups is 1. The van der Waals surface area contributed by atoms with Gasteiger partial charge >= 0.3 is 0 Å². The number of hydrogen-bond donors (Lipinski definition) is 2. The number of hydrogen-bond acceptors (Lipinski definition) is 5. The first kappa shape index (κ1) is 12.5. The van der Waals surface area contributed by atoms with Crippen LogP contribution in [-0.4, -0.2) is 48.2 Å². The first-order chi connectivity index (χ1) is 9.81. The number of anilines is 1. The number of aryl methyl sites for hydroxylation is 2. The molecular weight excluding hydrogens is 270 g/mol. The number of rotatable bonds is 2. The van der Waals surface area contributed by atoms with Crippen molar-refractivity contribution in [2.24, 2.45) is 0 Å². The van der Waals surface area contributed by atoms with Gasteiger partial charge in [-0.25, -0.2) is 15.0 Å². The van der Waals surface area contributed by atoms with Crippen LogP contribution >= 0.6 is 11.3 Å². The predicted molar refractivity (Wildman–Crippen MR) is 81.3 cm³/mol. The van der Waals surface area contributed by atoms with Gasteiger partial charge in [-0.15, -0.1) is 11.3 Å². The van der Waals surface area contributed by atoms with Gasteiger partial charge < -0.3 is 10.3 Å². The molecule has 0 radical (unpaired) electrons. The molecule has 20 heavy (non-hydrogen) atoms. The second kappa shape index (κ2) is 4.95. The molecule has 106 valence electrons. The molecule has 0 atom stereocenters. The molecule has 1 saturated heterocycles. The van der Waals surface area contributed by atoms with Gasteiger partial charge in [-0.05, 0) is 24.8 Å². The number of nitrogens with one attached hydrogen (secondary N) is 2. The van der Waals surface area contributed by atoms with Gasteiger partial charge in [-0.2, -0.15) is 0 Å². The molecule has 2 aromatic rings. The molecule has 2 N–H and O–H groups in total. The summed E-state index contributed by atoms with van der Waals surface area (Å²) in [5, 5.41) is 3.57. The standard InChI is InChI=1S/C14H19N5S/c1-18-5-7-19(8-6-18)17-13-12-10-3-2-4-11(10)20-14(12)16-9-15-13/h9H,2-8H2,1H3,(H,15,16,17)/p+1. The molecule has 1 fully saturated rings. The number of fused-ring (bicyclic) bond motifs is 3. The van der Waals surface area contributed by atoms with Crippen LogP contribution in [0.3, 0.4) is 0 Å². The molecule has 3 heterocycles. The summed E-state index contributed by atoms with van der Waals surface area (Å²) in [6, 6.07) is 0. The molecule has 2 aliphatic rings. The fourth-order valence-corrected chi connectivity index (χ4v) is 4.39. The topological polar surface area (TPSA) is 45.5 Å². The summed E-state index contributed by atoms with van der Waals surface area (Å²) in [5.74, 6) is 1.01. The number of likely N-dealkylation sites (N-methyl/N-ethyl adjacent to an activating group) is 1. The van der Waals surface area contributed by atoms with Gasteiger partial charge in [0.05, 0.1) is 38.6 Å². The summed E-state index contributed by atoms with van der Waals surface area (Å²) in [7, 11) is 2.26. The summed E-state index contributed by atoms with van der Waals surface area (Å²) in [6.45, 7) is 4.51. The second-order valence-electron chi connectivity index (χ2n) is 5.82. The van der Waals surface area contributed by atoms with Gasteiger partial charge in [0, 0.05) is 4.88 Å². The second-order valence-corrected chi connectivity index (χ2v) is 6.90. The molecule has 0 unspecified atom stereocenters. The lowest BCUT2D eigenvalue weighted by Crippen LogP contribution is -3.12. The van der Waals surface area contributed by atoms with Gasteiger partial charge in [-0.3, -0.25) is 0 Å². The zero-order chi connectivity index (χ0) is 13.5. The molecule has 0 bridgehead atoms. The molecular formula is C14H20N5S+. The Morgan fingerprint density at radius 3 is 2.95 bits per heavy atom. The van der Waals surface area contributed by atoms with Crippen molar-refractivity contribution in [3.05, 3.63) is 16.8 Å². The van der Waals surface area contributed by atoms with Crippen molar-refractivity contribution in [2.45, 2.75) is 19.3 Å². The van der Waals surface area contributed by atoms with Crippen LogP contribution in [0.2, 0.25) is 0 Å². The van der Waals surface area contributed by atoms with Crippen LogP contribution in [0.25, 0.3) is 10.2 Å². The highest BCUT2D eigenvalue weighted by Gasteiger charge is 2.23. The largest absolute Gasteiger partial charge is 0.335 e. The van der Waals surface area contributed by atoms with E-state index in [-0.39, 0.29) is 0 Å². The summed E-state index contributed by atoms with van der Waals surface area (Å²) in [5.41, 5.74) is 5.03. The highest BCUT2D eigenvalue weighted by Crippen LogP contribution is 2.39. The number of aromatic nitrogens is 2. The van der Waals surface area contributed by atoms with Crippen LogP contribution in [0.1, 0.15) is 16.9 Å². The van der Waals surface area contributed by atoms with Crippen molar-refractivity contribution in [3.8, 4) is 0 Å². The third-order valence-corrected chi connectivity index (χ3v) is 5.58. The smallest absolute Gasteiger partial charge is 0.152 e. The average Bonchev–Trinajstić information content (AvgIpc) is 3.02. The first-order valence-electron chi connectivity index (χ1n) is 7.39. The zero-order valence-corrected chi connectivity index (χ0v) is 12.6. The molecule has 0 aromatic carbocycles. The minimum Gasteiger partial charge on any atom is -0.335 e. The Balaban J connectivity index is 1.66. The predicted octanol–water partition coefficient (Wildman–Crippen LogP) is 0.337. The van der Waals surface area contributed by atoms with Gasteiger partial charge in [-0.1, -0.05) is 0 Å². The van der Waals surface area contributed by atoms with E-state index in [0.717, 1.165) is 23.7 Å². The fraction of sp³-hybridized carbons (Fsp3) is 0.571. The van der Waals surface area contributed by atoms with Gasteiger partial charge in [0.15, 0.2) is 5.82 Å². The Morgan fingerprint density at radius 2 is 2.10 bits per heavy atom. The number of quaternary nitrogens is 1. The van der Waals surface area contributed by atoms with Gasteiger partial charge in [0.2, 0.25) is 0 Å². The molecule has 1 aliphatic heterocycles. The fourth-order valence-electron chi connectivity index (χ4n) is 3.16. The van der Waals surface area contributed by atoms with Crippen molar-refractivity contribution in [1.29, 1.82) is 0 Å². The van der Waals surface area contributed by atoms with Crippen molar-refractivity contribution in [3.63, 3.8) is 0 Å². The summed E-state index contributed by atoms with van der Waals surface area (Å²) in [4.78, 5) is 13.2.